The Morgan fingerprint density at radius 1 is 1.37 bits per heavy atom. The lowest BCUT2D eigenvalue weighted by molar-refractivity contribution is -0.122. The lowest BCUT2D eigenvalue weighted by Gasteiger charge is -2.12. The lowest BCUT2D eigenvalue weighted by atomic mass is 10.2. The standard InChI is InChI=1S/C18H20N4O3S2/c1-2-8-22-17(25)13(27-18(22)26)11-12-15(19-7-5-10-23)20-14-6-3-4-9-21(14)16(12)24/h3-4,6,9,11,19,23H,2,5,7-8,10H2,1H3. The summed E-state index contributed by atoms with van der Waals surface area (Å²) in [6, 6.07) is 5.29. The van der Waals surface area contributed by atoms with E-state index < -0.39 is 0 Å². The summed E-state index contributed by atoms with van der Waals surface area (Å²) < 4.78 is 1.94. The highest BCUT2D eigenvalue weighted by Gasteiger charge is 2.31. The van der Waals surface area contributed by atoms with Crippen LogP contribution in [0.2, 0.25) is 0 Å². The van der Waals surface area contributed by atoms with Gasteiger partial charge in [-0.2, -0.15) is 0 Å². The van der Waals surface area contributed by atoms with Crippen molar-refractivity contribution in [1.82, 2.24) is 14.3 Å². The molecule has 3 rings (SSSR count). The molecule has 1 aliphatic rings. The maximum atomic E-state index is 13.0. The maximum absolute atomic E-state index is 13.0. The molecule has 0 aromatic carbocycles. The minimum Gasteiger partial charge on any atom is -0.396 e. The Morgan fingerprint density at radius 3 is 2.93 bits per heavy atom. The number of aliphatic hydroxyl groups excluding tert-OH is 1. The van der Waals surface area contributed by atoms with Gasteiger partial charge in [0.05, 0.1) is 10.5 Å². The first-order valence-electron chi connectivity index (χ1n) is 8.68. The first-order valence-corrected chi connectivity index (χ1v) is 9.90. The smallest absolute Gasteiger partial charge is 0.267 e. The molecule has 0 bridgehead atoms. The molecule has 1 amide bonds. The Balaban J connectivity index is 2.08. The molecule has 1 fully saturated rings. The number of nitrogens with one attached hydrogen (secondary N) is 1. The molecule has 2 aromatic rings. The number of hydrogen-bond acceptors (Lipinski definition) is 7. The Morgan fingerprint density at radius 2 is 2.19 bits per heavy atom. The fraction of sp³-hybridized carbons (Fsp3) is 0.333. The third-order valence-corrected chi connectivity index (χ3v) is 5.37. The van der Waals surface area contributed by atoms with Crippen molar-refractivity contribution in [2.75, 3.05) is 25.0 Å². The molecule has 27 heavy (non-hydrogen) atoms. The van der Waals surface area contributed by atoms with Gasteiger partial charge in [0.2, 0.25) is 0 Å². The molecule has 0 aliphatic carbocycles. The van der Waals surface area contributed by atoms with Gasteiger partial charge in [-0.3, -0.25) is 18.9 Å². The molecule has 0 atom stereocenters. The molecule has 1 aliphatic heterocycles. The summed E-state index contributed by atoms with van der Waals surface area (Å²) in [4.78, 5) is 32.1. The SMILES string of the molecule is CCCN1C(=O)C(=Cc2c(NCCCO)nc3ccccn3c2=O)SC1=S. The molecule has 2 aromatic heterocycles. The average Bonchev–Trinajstić information content (AvgIpc) is 2.93. The molecule has 142 valence electrons. The number of thiocarbonyl (C=S) groups is 1. The summed E-state index contributed by atoms with van der Waals surface area (Å²) in [6.45, 7) is 3.03. The molecule has 1 saturated heterocycles. The van der Waals surface area contributed by atoms with Gasteiger partial charge in [-0.25, -0.2) is 4.98 Å². The van der Waals surface area contributed by atoms with Crippen LogP contribution in [0.3, 0.4) is 0 Å². The Hall–Kier alpha value is -2.23. The summed E-state index contributed by atoms with van der Waals surface area (Å²) in [5, 5.41) is 12.1. The zero-order chi connectivity index (χ0) is 19.4. The predicted molar refractivity (Wildman–Crippen MR) is 112 cm³/mol. The van der Waals surface area contributed by atoms with E-state index >= 15 is 0 Å². The van der Waals surface area contributed by atoms with Gasteiger partial charge in [0, 0.05) is 25.9 Å². The second kappa shape index (κ2) is 8.64. The van der Waals surface area contributed by atoms with Crippen LogP contribution in [0.15, 0.2) is 34.1 Å². The Labute approximate surface area is 166 Å². The molecule has 3 heterocycles. The monoisotopic (exact) mass is 404 g/mol. The summed E-state index contributed by atoms with van der Waals surface area (Å²) in [5.41, 5.74) is 0.533. The topological polar surface area (TPSA) is 86.9 Å². The van der Waals surface area contributed by atoms with Crippen LogP contribution < -0.4 is 10.9 Å². The van der Waals surface area contributed by atoms with E-state index in [4.69, 9.17) is 17.3 Å². The fourth-order valence-electron chi connectivity index (χ4n) is 2.70. The van der Waals surface area contributed by atoms with Gasteiger partial charge in [0.1, 0.15) is 15.8 Å². The number of pyridine rings is 1. The summed E-state index contributed by atoms with van der Waals surface area (Å²) in [7, 11) is 0. The van der Waals surface area contributed by atoms with Gasteiger partial charge >= 0.3 is 0 Å². The fourth-order valence-corrected chi connectivity index (χ4v) is 3.99. The number of hydrogen-bond donors (Lipinski definition) is 2. The van der Waals surface area contributed by atoms with Gasteiger partial charge in [0.25, 0.3) is 11.5 Å². The van der Waals surface area contributed by atoms with Crippen molar-refractivity contribution in [3.63, 3.8) is 0 Å². The third kappa shape index (κ3) is 4.05. The molecular weight excluding hydrogens is 384 g/mol. The minimum absolute atomic E-state index is 0.0323. The van der Waals surface area contributed by atoms with Crippen LogP contribution >= 0.6 is 24.0 Å². The van der Waals surface area contributed by atoms with Crippen molar-refractivity contribution < 1.29 is 9.90 Å². The van der Waals surface area contributed by atoms with E-state index in [2.05, 4.69) is 10.3 Å². The van der Waals surface area contributed by atoms with Crippen molar-refractivity contribution in [3.8, 4) is 0 Å². The van der Waals surface area contributed by atoms with E-state index in [1.807, 2.05) is 6.92 Å². The van der Waals surface area contributed by atoms with Crippen molar-refractivity contribution in [1.29, 1.82) is 0 Å². The summed E-state index contributed by atoms with van der Waals surface area (Å²) in [5.74, 6) is 0.200. The number of aromatic nitrogens is 2. The zero-order valence-corrected chi connectivity index (χ0v) is 16.5. The maximum Gasteiger partial charge on any atom is 0.267 e. The van der Waals surface area contributed by atoms with E-state index in [9.17, 15) is 9.59 Å². The molecule has 7 nitrogen and oxygen atoms in total. The first kappa shape index (κ1) is 19.5. The molecule has 0 radical (unpaired) electrons. The van der Waals surface area contributed by atoms with Crippen LogP contribution in [0.4, 0.5) is 5.82 Å². The Kier molecular flexibility index (Phi) is 6.25. The van der Waals surface area contributed by atoms with E-state index in [0.29, 0.717) is 45.8 Å². The van der Waals surface area contributed by atoms with E-state index in [1.54, 1.807) is 35.4 Å². The number of carbonyl (C=O) groups is 1. The van der Waals surface area contributed by atoms with Gasteiger partial charge < -0.3 is 10.4 Å². The van der Waals surface area contributed by atoms with Crippen molar-refractivity contribution in [2.45, 2.75) is 19.8 Å². The number of thioether (sulfide) groups is 1. The summed E-state index contributed by atoms with van der Waals surface area (Å²) in [6.07, 6.45) is 4.52. The molecule has 0 spiro atoms. The van der Waals surface area contributed by atoms with Crippen LogP contribution in [-0.2, 0) is 4.79 Å². The molecule has 0 unspecified atom stereocenters. The number of rotatable bonds is 7. The lowest BCUT2D eigenvalue weighted by Crippen LogP contribution is -2.28. The van der Waals surface area contributed by atoms with Gasteiger partial charge in [0.15, 0.2) is 0 Å². The quantitative estimate of drug-likeness (QED) is 0.415. The van der Waals surface area contributed by atoms with Gasteiger partial charge in [-0.15, -0.1) is 0 Å². The predicted octanol–water partition coefficient (Wildman–Crippen LogP) is 2.10. The normalized spacial score (nSPS) is 15.9. The number of carbonyl (C=O) groups excluding carboxylic acids is 1. The molecule has 2 N–H and O–H groups in total. The van der Waals surface area contributed by atoms with Crippen molar-refractivity contribution in [3.05, 3.63) is 45.2 Å². The second-order valence-corrected chi connectivity index (χ2v) is 7.62. The average molecular weight is 405 g/mol. The number of anilines is 1. The molecule has 9 heteroatoms. The number of aliphatic hydroxyl groups is 1. The van der Waals surface area contributed by atoms with E-state index in [-0.39, 0.29) is 18.1 Å². The number of nitrogens with zero attached hydrogens (tertiary/aromatic N) is 3. The van der Waals surface area contributed by atoms with Crippen LogP contribution in [0.25, 0.3) is 11.7 Å². The Bertz CT molecular complexity index is 971. The van der Waals surface area contributed by atoms with Crippen LogP contribution in [0, 0.1) is 0 Å². The minimum atomic E-state index is -0.271. The summed E-state index contributed by atoms with van der Waals surface area (Å²) >= 11 is 6.48. The van der Waals surface area contributed by atoms with Crippen molar-refractivity contribution >= 4 is 51.7 Å². The number of amides is 1. The molecule has 0 saturated carbocycles. The highest BCUT2D eigenvalue weighted by Crippen LogP contribution is 2.33. The van der Waals surface area contributed by atoms with E-state index in [1.165, 1.54) is 16.2 Å². The third-order valence-electron chi connectivity index (χ3n) is 3.99. The van der Waals surface area contributed by atoms with Crippen LogP contribution in [-0.4, -0.2) is 49.3 Å². The molecular formula is C18H20N4O3S2. The highest BCUT2D eigenvalue weighted by molar-refractivity contribution is 8.26. The van der Waals surface area contributed by atoms with Crippen LogP contribution in [0.5, 0.6) is 0 Å². The first-order chi connectivity index (χ1) is 13.1. The zero-order valence-electron chi connectivity index (χ0n) is 14.8. The van der Waals surface area contributed by atoms with E-state index in [0.717, 1.165) is 6.42 Å². The van der Waals surface area contributed by atoms with Gasteiger partial charge in [-0.05, 0) is 31.1 Å². The van der Waals surface area contributed by atoms with Gasteiger partial charge in [-0.1, -0.05) is 37.0 Å². The van der Waals surface area contributed by atoms with Crippen LogP contribution in [0.1, 0.15) is 25.3 Å². The second-order valence-electron chi connectivity index (χ2n) is 5.95. The van der Waals surface area contributed by atoms with Crippen molar-refractivity contribution in [2.24, 2.45) is 0 Å². The number of fused-ring (bicyclic) bond motifs is 1. The highest BCUT2D eigenvalue weighted by atomic mass is 32.2. The largest absolute Gasteiger partial charge is 0.396 e.